The number of hydrogen-bond donors (Lipinski definition) is 1. The predicted octanol–water partition coefficient (Wildman–Crippen LogP) is 2.06. The fourth-order valence-corrected chi connectivity index (χ4v) is 2.22. The third kappa shape index (κ3) is 2.59. The highest BCUT2D eigenvalue weighted by Gasteiger charge is 2.32. The highest BCUT2D eigenvalue weighted by atomic mass is 16.5. The normalized spacial score (nSPS) is 19.1. The molecule has 0 aliphatic carbocycles. The zero-order valence-corrected chi connectivity index (χ0v) is 12.1. The van der Waals surface area contributed by atoms with Gasteiger partial charge in [0.2, 0.25) is 0 Å². The van der Waals surface area contributed by atoms with Gasteiger partial charge in [0.25, 0.3) is 5.91 Å². The fraction of sp³-hybridized carbons (Fsp3) is 0.533. The molecule has 4 nitrogen and oxygen atoms in total. The summed E-state index contributed by atoms with van der Waals surface area (Å²) in [5, 5.41) is 0. The van der Waals surface area contributed by atoms with Gasteiger partial charge in [-0.2, -0.15) is 0 Å². The molecule has 0 spiro atoms. The quantitative estimate of drug-likeness (QED) is 0.887. The zero-order valence-electron chi connectivity index (χ0n) is 12.1. The summed E-state index contributed by atoms with van der Waals surface area (Å²) in [5.74, 6) is 0.734. The molecule has 0 radical (unpaired) electrons. The van der Waals surface area contributed by atoms with E-state index in [2.05, 4.69) is 26.8 Å². The second-order valence-electron chi connectivity index (χ2n) is 6.01. The highest BCUT2D eigenvalue weighted by molar-refractivity contribution is 5.99. The number of nitrogens with zero attached hydrogens (tertiary/aromatic N) is 1. The molecule has 1 aromatic rings. The number of carbonyl (C=O) groups excluding carboxylic acids is 1. The molecule has 4 heteroatoms. The zero-order chi connectivity index (χ0) is 14.2. The maximum absolute atomic E-state index is 12.2. The monoisotopic (exact) mass is 262 g/mol. The average molecular weight is 262 g/mol. The molecule has 19 heavy (non-hydrogen) atoms. The number of nitrogens with two attached hydrogens (primary N) is 1. The van der Waals surface area contributed by atoms with E-state index in [-0.39, 0.29) is 11.3 Å². The van der Waals surface area contributed by atoms with Crippen LogP contribution in [0.4, 0.5) is 5.69 Å². The second-order valence-corrected chi connectivity index (χ2v) is 6.01. The number of carbonyl (C=O) groups is 1. The molecular weight excluding hydrogens is 240 g/mol. The number of anilines is 1. The van der Waals surface area contributed by atoms with E-state index >= 15 is 0 Å². The van der Waals surface area contributed by atoms with Crippen LogP contribution in [-0.4, -0.2) is 25.6 Å². The van der Waals surface area contributed by atoms with Crippen molar-refractivity contribution in [3.05, 3.63) is 23.8 Å². The molecule has 0 bridgehead atoms. The highest BCUT2D eigenvalue weighted by Crippen LogP contribution is 2.37. The lowest BCUT2D eigenvalue weighted by Crippen LogP contribution is -2.44. The smallest absolute Gasteiger partial charge is 0.267 e. The van der Waals surface area contributed by atoms with Gasteiger partial charge in [-0.05, 0) is 29.7 Å². The Morgan fingerprint density at radius 3 is 2.63 bits per heavy atom. The van der Waals surface area contributed by atoms with Crippen molar-refractivity contribution in [1.82, 2.24) is 0 Å². The first-order chi connectivity index (χ1) is 8.84. The molecule has 2 N–H and O–H groups in total. The van der Waals surface area contributed by atoms with Crippen LogP contribution in [-0.2, 0) is 10.2 Å². The second kappa shape index (κ2) is 4.85. The maximum Gasteiger partial charge on any atom is 0.267 e. The van der Waals surface area contributed by atoms with Crippen molar-refractivity contribution in [2.45, 2.75) is 38.7 Å². The Bertz CT molecular complexity index is 491. The Morgan fingerprint density at radius 2 is 2.05 bits per heavy atom. The van der Waals surface area contributed by atoms with Gasteiger partial charge >= 0.3 is 0 Å². The number of amides is 1. The summed E-state index contributed by atoms with van der Waals surface area (Å²) in [5.41, 5.74) is 7.59. The maximum atomic E-state index is 12.2. The van der Waals surface area contributed by atoms with Crippen molar-refractivity contribution in [3.63, 3.8) is 0 Å². The molecular formula is C15H22N2O2. The lowest BCUT2D eigenvalue weighted by Gasteiger charge is -2.33. The minimum absolute atomic E-state index is 0.0241. The lowest BCUT2D eigenvalue weighted by molar-refractivity contribution is -0.126. The molecule has 1 aromatic carbocycles. The first-order valence-corrected chi connectivity index (χ1v) is 6.63. The Morgan fingerprint density at radius 1 is 1.37 bits per heavy atom. The van der Waals surface area contributed by atoms with Crippen LogP contribution in [0.15, 0.2) is 18.2 Å². The number of ether oxygens (including phenoxy) is 1. The van der Waals surface area contributed by atoms with Gasteiger partial charge in [0, 0.05) is 13.5 Å². The molecule has 0 fully saturated rings. The van der Waals surface area contributed by atoms with Crippen molar-refractivity contribution in [2.24, 2.45) is 5.73 Å². The van der Waals surface area contributed by atoms with Crippen LogP contribution >= 0.6 is 0 Å². The van der Waals surface area contributed by atoms with Crippen LogP contribution in [0.2, 0.25) is 0 Å². The number of fused-ring (bicyclic) bond motifs is 1. The van der Waals surface area contributed by atoms with Crippen LogP contribution < -0.4 is 15.4 Å². The van der Waals surface area contributed by atoms with E-state index in [0.717, 1.165) is 11.4 Å². The lowest BCUT2D eigenvalue weighted by atomic mass is 9.86. The minimum atomic E-state index is -0.456. The van der Waals surface area contributed by atoms with Gasteiger partial charge in [0.15, 0.2) is 6.10 Å². The molecule has 0 saturated heterocycles. The summed E-state index contributed by atoms with van der Waals surface area (Å²) in [6.07, 6.45) is 0.0897. The van der Waals surface area contributed by atoms with Gasteiger partial charge < -0.3 is 15.4 Å². The molecule has 104 valence electrons. The van der Waals surface area contributed by atoms with Crippen molar-refractivity contribution < 1.29 is 9.53 Å². The van der Waals surface area contributed by atoms with Crippen LogP contribution in [0, 0.1) is 0 Å². The third-order valence-corrected chi connectivity index (χ3v) is 3.49. The standard InChI is InChI=1S/C15H22N2O2/c1-15(2,3)10-5-6-12-11(9-10)17(4)14(18)13(19-12)7-8-16/h5-6,9,13H,7-8,16H2,1-4H3. The van der Waals surface area contributed by atoms with Crippen molar-refractivity contribution >= 4 is 11.6 Å². The molecule has 0 saturated carbocycles. The first-order valence-electron chi connectivity index (χ1n) is 6.63. The Balaban J connectivity index is 2.39. The molecule has 1 aliphatic heterocycles. The van der Waals surface area contributed by atoms with Crippen LogP contribution in [0.3, 0.4) is 0 Å². The van der Waals surface area contributed by atoms with E-state index in [4.69, 9.17) is 10.5 Å². The van der Waals surface area contributed by atoms with E-state index in [1.54, 1.807) is 11.9 Å². The van der Waals surface area contributed by atoms with Gasteiger partial charge in [-0.3, -0.25) is 4.79 Å². The summed E-state index contributed by atoms with van der Waals surface area (Å²) in [4.78, 5) is 13.9. The van der Waals surface area contributed by atoms with Crippen LogP contribution in [0.25, 0.3) is 0 Å². The molecule has 1 atom stereocenters. The predicted molar refractivity (Wildman–Crippen MR) is 76.6 cm³/mol. The van der Waals surface area contributed by atoms with E-state index in [9.17, 15) is 4.79 Å². The van der Waals surface area contributed by atoms with Gasteiger partial charge in [0.1, 0.15) is 5.75 Å². The Hall–Kier alpha value is -1.55. The van der Waals surface area contributed by atoms with E-state index < -0.39 is 6.10 Å². The van der Waals surface area contributed by atoms with E-state index in [1.165, 1.54) is 5.56 Å². The van der Waals surface area contributed by atoms with E-state index in [1.807, 2.05) is 12.1 Å². The molecule has 1 aliphatic rings. The summed E-state index contributed by atoms with van der Waals surface area (Å²) in [7, 11) is 1.79. The Kier molecular flexibility index (Phi) is 3.54. The number of benzene rings is 1. The topological polar surface area (TPSA) is 55.6 Å². The SMILES string of the molecule is CN1C(=O)C(CCN)Oc2ccc(C(C)(C)C)cc21. The molecule has 1 unspecified atom stereocenters. The van der Waals surface area contributed by atoms with Crippen molar-refractivity contribution in [1.29, 1.82) is 0 Å². The largest absolute Gasteiger partial charge is 0.478 e. The molecule has 0 aromatic heterocycles. The summed E-state index contributed by atoms with van der Waals surface area (Å²) in [6.45, 7) is 6.89. The average Bonchev–Trinajstić information content (AvgIpc) is 2.34. The Labute approximate surface area is 114 Å². The first kappa shape index (κ1) is 13.9. The van der Waals surface area contributed by atoms with Gasteiger partial charge in [0.05, 0.1) is 5.69 Å². The number of rotatable bonds is 2. The number of hydrogen-bond acceptors (Lipinski definition) is 3. The van der Waals surface area contributed by atoms with Gasteiger partial charge in [-0.25, -0.2) is 0 Å². The fourth-order valence-electron chi connectivity index (χ4n) is 2.22. The van der Waals surface area contributed by atoms with Crippen molar-refractivity contribution in [3.8, 4) is 5.75 Å². The third-order valence-electron chi connectivity index (χ3n) is 3.49. The van der Waals surface area contributed by atoms with Gasteiger partial charge in [-0.1, -0.05) is 26.8 Å². The summed E-state index contributed by atoms with van der Waals surface area (Å²) < 4.78 is 5.75. The minimum Gasteiger partial charge on any atom is -0.478 e. The molecule has 1 heterocycles. The van der Waals surface area contributed by atoms with Crippen LogP contribution in [0.5, 0.6) is 5.75 Å². The van der Waals surface area contributed by atoms with Gasteiger partial charge in [-0.15, -0.1) is 0 Å². The molecule has 2 rings (SSSR count). The van der Waals surface area contributed by atoms with E-state index in [0.29, 0.717) is 13.0 Å². The number of likely N-dealkylation sites (N-methyl/N-ethyl adjacent to an activating group) is 1. The summed E-state index contributed by atoms with van der Waals surface area (Å²) >= 11 is 0. The van der Waals surface area contributed by atoms with Crippen molar-refractivity contribution in [2.75, 3.05) is 18.5 Å². The molecule has 1 amide bonds. The van der Waals surface area contributed by atoms with Crippen LogP contribution in [0.1, 0.15) is 32.8 Å². The summed E-state index contributed by atoms with van der Waals surface area (Å²) in [6, 6.07) is 6.04.